The maximum atomic E-state index is 13.4. The Hall–Kier alpha value is -2.81. The predicted octanol–water partition coefficient (Wildman–Crippen LogP) is 1.60. The van der Waals surface area contributed by atoms with Crippen LogP contribution in [0.5, 0.6) is 11.6 Å². The van der Waals surface area contributed by atoms with Gasteiger partial charge in [0.05, 0.1) is 4.92 Å². The minimum Gasteiger partial charge on any atom is -0.439 e. The lowest BCUT2D eigenvalue weighted by molar-refractivity contribution is -0.387. The second-order valence-corrected chi connectivity index (χ2v) is 3.34. The van der Waals surface area contributed by atoms with E-state index in [-0.39, 0.29) is 17.6 Å². The van der Waals surface area contributed by atoms with Gasteiger partial charge in [0, 0.05) is 24.4 Å². The summed E-state index contributed by atoms with van der Waals surface area (Å²) in [5.41, 5.74) is 1.60. The Kier molecular flexibility index (Phi) is 3.48. The van der Waals surface area contributed by atoms with Gasteiger partial charge in [0.25, 0.3) is 0 Å². The SMILES string of the molecule is NNc1nccc(Oc2ccc([N+](=O)[O-])c(F)c2)n1. The summed E-state index contributed by atoms with van der Waals surface area (Å²) in [6, 6.07) is 4.60. The topological polar surface area (TPSA) is 116 Å². The van der Waals surface area contributed by atoms with Crippen LogP contribution in [-0.4, -0.2) is 14.9 Å². The first-order valence-corrected chi connectivity index (χ1v) is 5.01. The molecule has 19 heavy (non-hydrogen) atoms. The van der Waals surface area contributed by atoms with Gasteiger partial charge in [0.15, 0.2) is 0 Å². The first-order valence-electron chi connectivity index (χ1n) is 5.01. The van der Waals surface area contributed by atoms with Crippen molar-refractivity contribution < 1.29 is 14.1 Å². The number of hydrogen-bond acceptors (Lipinski definition) is 7. The molecule has 2 aromatic rings. The molecule has 3 N–H and O–H groups in total. The van der Waals surface area contributed by atoms with Gasteiger partial charge in [-0.3, -0.25) is 15.5 Å². The number of nitrogens with two attached hydrogens (primary N) is 1. The number of nitrogens with one attached hydrogen (secondary N) is 1. The van der Waals surface area contributed by atoms with Gasteiger partial charge >= 0.3 is 5.69 Å². The zero-order valence-corrected chi connectivity index (χ0v) is 9.41. The van der Waals surface area contributed by atoms with E-state index in [1.807, 2.05) is 0 Å². The zero-order chi connectivity index (χ0) is 13.8. The van der Waals surface area contributed by atoms with Crippen LogP contribution < -0.4 is 16.0 Å². The smallest absolute Gasteiger partial charge is 0.305 e. The van der Waals surface area contributed by atoms with Crippen molar-refractivity contribution in [2.45, 2.75) is 0 Å². The van der Waals surface area contributed by atoms with E-state index < -0.39 is 16.4 Å². The molecule has 0 aliphatic rings. The van der Waals surface area contributed by atoms with E-state index in [0.29, 0.717) is 0 Å². The number of nitro benzene ring substituents is 1. The molecular weight excluding hydrogens is 257 g/mol. The number of benzene rings is 1. The number of ether oxygens (including phenoxy) is 1. The third kappa shape index (κ3) is 2.90. The third-order valence-corrected chi connectivity index (χ3v) is 2.10. The summed E-state index contributed by atoms with van der Waals surface area (Å²) in [6.07, 6.45) is 1.39. The highest BCUT2D eigenvalue weighted by molar-refractivity contribution is 5.39. The van der Waals surface area contributed by atoms with Crippen molar-refractivity contribution >= 4 is 11.6 Å². The van der Waals surface area contributed by atoms with Gasteiger partial charge in [-0.05, 0) is 6.07 Å². The molecule has 8 nitrogen and oxygen atoms in total. The molecule has 1 aromatic carbocycles. The first kappa shape index (κ1) is 12.6. The Morgan fingerprint density at radius 3 is 2.84 bits per heavy atom. The maximum absolute atomic E-state index is 13.4. The van der Waals surface area contributed by atoms with Crippen LogP contribution in [0.1, 0.15) is 0 Å². The van der Waals surface area contributed by atoms with Gasteiger partial charge in [-0.2, -0.15) is 9.37 Å². The van der Waals surface area contributed by atoms with Crippen molar-refractivity contribution in [1.29, 1.82) is 0 Å². The van der Waals surface area contributed by atoms with E-state index in [0.717, 1.165) is 12.1 Å². The van der Waals surface area contributed by atoms with Crippen LogP contribution in [0.15, 0.2) is 30.5 Å². The summed E-state index contributed by atoms with van der Waals surface area (Å²) in [6.45, 7) is 0. The summed E-state index contributed by atoms with van der Waals surface area (Å²) in [5, 5.41) is 10.5. The summed E-state index contributed by atoms with van der Waals surface area (Å²) >= 11 is 0. The highest BCUT2D eigenvalue weighted by Crippen LogP contribution is 2.25. The molecule has 0 unspecified atom stereocenters. The summed E-state index contributed by atoms with van der Waals surface area (Å²) in [5.74, 6) is 4.45. The van der Waals surface area contributed by atoms with Gasteiger partial charge < -0.3 is 4.74 Å². The molecule has 0 spiro atoms. The van der Waals surface area contributed by atoms with Crippen LogP contribution in [0, 0.1) is 15.9 Å². The molecule has 1 aromatic heterocycles. The standard InChI is InChI=1S/C10H8FN5O3/c11-7-5-6(1-2-8(7)16(17)18)19-9-3-4-13-10(14-9)15-12/h1-5H,12H2,(H,13,14,15). The average Bonchev–Trinajstić information content (AvgIpc) is 2.38. The van der Waals surface area contributed by atoms with Gasteiger partial charge in [-0.15, -0.1) is 0 Å². The quantitative estimate of drug-likeness (QED) is 0.490. The van der Waals surface area contributed by atoms with Gasteiger partial charge in [-0.25, -0.2) is 10.8 Å². The number of halogens is 1. The second-order valence-electron chi connectivity index (χ2n) is 3.34. The molecule has 0 aliphatic heterocycles. The molecule has 2 rings (SSSR count). The molecular formula is C10H8FN5O3. The normalized spacial score (nSPS) is 10.0. The number of aromatic nitrogens is 2. The molecule has 0 bridgehead atoms. The predicted molar refractivity (Wildman–Crippen MR) is 63.0 cm³/mol. The molecule has 9 heteroatoms. The lowest BCUT2D eigenvalue weighted by atomic mass is 10.3. The number of hydrogen-bond donors (Lipinski definition) is 2. The van der Waals surface area contributed by atoms with Gasteiger partial charge in [0.1, 0.15) is 5.75 Å². The molecule has 0 amide bonds. The lowest BCUT2D eigenvalue weighted by Crippen LogP contribution is -2.10. The average molecular weight is 265 g/mol. The lowest BCUT2D eigenvalue weighted by Gasteiger charge is -2.05. The van der Waals surface area contributed by atoms with E-state index in [2.05, 4.69) is 15.4 Å². The van der Waals surface area contributed by atoms with Crippen molar-refractivity contribution in [3.8, 4) is 11.6 Å². The summed E-state index contributed by atoms with van der Waals surface area (Å²) in [7, 11) is 0. The Labute approximate surface area is 106 Å². The fraction of sp³-hybridized carbons (Fsp3) is 0. The van der Waals surface area contributed by atoms with Crippen LogP contribution >= 0.6 is 0 Å². The highest BCUT2D eigenvalue weighted by atomic mass is 19.1. The number of hydrazine groups is 1. The van der Waals surface area contributed by atoms with Gasteiger partial charge in [0.2, 0.25) is 17.6 Å². The van der Waals surface area contributed by atoms with Crippen LogP contribution in [0.4, 0.5) is 16.0 Å². The monoisotopic (exact) mass is 265 g/mol. The molecule has 0 atom stereocenters. The third-order valence-electron chi connectivity index (χ3n) is 2.10. The Bertz CT molecular complexity index is 622. The van der Waals surface area contributed by atoms with E-state index in [1.54, 1.807) is 0 Å². The fourth-order valence-electron chi connectivity index (χ4n) is 1.29. The van der Waals surface area contributed by atoms with Crippen LogP contribution in [0.2, 0.25) is 0 Å². The Morgan fingerprint density at radius 2 is 2.21 bits per heavy atom. The molecule has 0 saturated heterocycles. The summed E-state index contributed by atoms with van der Waals surface area (Å²) < 4.78 is 18.6. The van der Waals surface area contributed by atoms with Crippen molar-refractivity contribution in [3.63, 3.8) is 0 Å². The van der Waals surface area contributed by atoms with Crippen molar-refractivity contribution in [2.24, 2.45) is 5.84 Å². The largest absolute Gasteiger partial charge is 0.439 e. The maximum Gasteiger partial charge on any atom is 0.305 e. The van der Waals surface area contributed by atoms with E-state index in [1.165, 1.54) is 18.3 Å². The molecule has 1 heterocycles. The molecule has 0 radical (unpaired) electrons. The van der Waals surface area contributed by atoms with E-state index in [4.69, 9.17) is 10.6 Å². The minimum atomic E-state index is -0.992. The molecule has 0 fully saturated rings. The Morgan fingerprint density at radius 1 is 1.42 bits per heavy atom. The van der Waals surface area contributed by atoms with Crippen molar-refractivity contribution in [2.75, 3.05) is 5.43 Å². The second kappa shape index (κ2) is 5.23. The molecule has 98 valence electrons. The first-order chi connectivity index (χ1) is 9.10. The number of rotatable bonds is 4. The number of nitrogens with zero attached hydrogens (tertiary/aromatic N) is 3. The van der Waals surface area contributed by atoms with E-state index >= 15 is 0 Å². The molecule has 0 saturated carbocycles. The number of nitrogen functional groups attached to an aromatic ring is 1. The van der Waals surface area contributed by atoms with Crippen molar-refractivity contribution in [3.05, 3.63) is 46.4 Å². The molecule has 0 aliphatic carbocycles. The highest BCUT2D eigenvalue weighted by Gasteiger charge is 2.14. The fourth-order valence-corrected chi connectivity index (χ4v) is 1.29. The zero-order valence-electron chi connectivity index (χ0n) is 9.41. The number of nitro groups is 1. The van der Waals surface area contributed by atoms with E-state index in [9.17, 15) is 14.5 Å². The minimum absolute atomic E-state index is 0.0739. The number of anilines is 1. The van der Waals surface area contributed by atoms with Crippen molar-refractivity contribution in [1.82, 2.24) is 9.97 Å². The Balaban J connectivity index is 2.23. The van der Waals surface area contributed by atoms with Crippen LogP contribution in [0.25, 0.3) is 0 Å². The van der Waals surface area contributed by atoms with Crippen LogP contribution in [0.3, 0.4) is 0 Å². The van der Waals surface area contributed by atoms with Gasteiger partial charge in [-0.1, -0.05) is 0 Å². The van der Waals surface area contributed by atoms with Crippen LogP contribution in [-0.2, 0) is 0 Å². The summed E-state index contributed by atoms with van der Waals surface area (Å²) in [4.78, 5) is 17.2.